The van der Waals surface area contributed by atoms with Crippen LogP contribution in [0.15, 0.2) is 48.5 Å². The maximum atomic E-state index is 14.0. The van der Waals surface area contributed by atoms with Crippen LogP contribution < -0.4 is 19.7 Å². The van der Waals surface area contributed by atoms with Gasteiger partial charge >= 0.3 is 7.05 Å². The van der Waals surface area contributed by atoms with E-state index in [1.54, 1.807) is 19.0 Å². The molecule has 2 aromatic carbocycles. The standard InChI is InChI=1S/C24H32BNO4/c1-5-7-17-24(18-8-6-2)23(27)26(25(30-24)19-13-10-9-11-14-19)22-20(28-3)15-12-16-21(22)29-4/h9-16H,5-8,17-18H2,1-4H3. The zero-order valence-corrected chi connectivity index (χ0v) is 18.5. The summed E-state index contributed by atoms with van der Waals surface area (Å²) in [7, 11) is 2.69. The van der Waals surface area contributed by atoms with Crippen LogP contribution in [-0.2, 0) is 9.45 Å². The monoisotopic (exact) mass is 409 g/mol. The highest BCUT2D eigenvalue weighted by Crippen LogP contribution is 2.44. The van der Waals surface area contributed by atoms with Gasteiger partial charge in [0.2, 0.25) is 5.91 Å². The van der Waals surface area contributed by atoms with Crippen LogP contribution in [0.5, 0.6) is 11.5 Å². The van der Waals surface area contributed by atoms with E-state index in [0.29, 0.717) is 30.0 Å². The first-order valence-corrected chi connectivity index (χ1v) is 10.9. The van der Waals surface area contributed by atoms with Crippen molar-refractivity contribution in [1.29, 1.82) is 0 Å². The molecule has 0 unspecified atom stereocenters. The van der Waals surface area contributed by atoms with Gasteiger partial charge in [-0.3, -0.25) is 4.79 Å². The third-order valence-corrected chi connectivity index (χ3v) is 5.78. The summed E-state index contributed by atoms with van der Waals surface area (Å²) in [6.45, 7) is 4.28. The fourth-order valence-electron chi connectivity index (χ4n) is 4.15. The largest absolute Gasteiger partial charge is 0.494 e. The molecule has 30 heavy (non-hydrogen) atoms. The molecule has 0 bridgehead atoms. The van der Waals surface area contributed by atoms with Gasteiger partial charge in [-0.1, -0.05) is 75.9 Å². The molecule has 0 atom stereocenters. The number of methoxy groups -OCH3 is 2. The second-order valence-electron chi connectivity index (χ2n) is 7.77. The number of rotatable bonds is 10. The first-order valence-electron chi connectivity index (χ1n) is 10.9. The minimum atomic E-state index is -0.835. The fourth-order valence-corrected chi connectivity index (χ4v) is 4.15. The smallest absolute Gasteiger partial charge is 0.460 e. The number of ether oxygens (including phenoxy) is 2. The molecule has 0 saturated carbocycles. The van der Waals surface area contributed by atoms with Crippen molar-refractivity contribution in [1.82, 2.24) is 0 Å². The number of unbranched alkanes of at least 4 members (excludes halogenated alkanes) is 2. The Hall–Kier alpha value is -2.47. The van der Waals surface area contributed by atoms with Gasteiger partial charge in [-0.2, -0.15) is 0 Å². The van der Waals surface area contributed by atoms with Gasteiger partial charge in [-0.25, -0.2) is 0 Å². The molecule has 3 rings (SSSR count). The quantitative estimate of drug-likeness (QED) is 0.539. The summed E-state index contributed by atoms with van der Waals surface area (Å²) in [5.74, 6) is 1.17. The molecule has 0 spiro atoms. The van der Waals surface area contributed by atoms with Crippen molar-refractivity contribution >= 4 is 24.1 Å². The van der Waals surface area contributed by atoms with Crippen molar-refractivity contribution in [3.05, 3.63) is 48.5 Å². The number of benzene rings is 2. The Kier molecular flexibility index (Phi) is 7.43. The Labute approximate surface area is 180 Å². The van der Waals surface area contributed by atoms with Gasteiger partial charge in [0.05, 0.1) is 14.2 Å². The van der Waals surface area contributed by atoms with Crippen LogP contribution in [0, 0.1) is 0 Å². The molecule has 160 valence electrons. The number of para-hydroxylation sites is 1. The van der Waals surface area contributed by atoms with Crippen molar-refractivity contribution in [2.75, 3.05) is 19.0 Å². The third kappa shape index (κ3) is 4.19. The summed E-state index contributed by atoms with van der Waals surface area (Å²) in [5, 5.41) is 0. The molecule has 0 aromatic heterocycles. The van der Waals surface area contributed by atoms with Crippen molar-refractivity contribution in [3.63, 3.8) is 0 Å². The highest BCUT2D eigenvalue weighted by molar-refractivity contribution is 6.77. The Bertz CT molecular complexity index is 812. The van der Waals surface area contributed by atoms with Gasteiger partial charge < -0.3 is 18.9 Å². The van der Waals surface area contributed by atoms with Crippen LogP contribution in [-0.4, -0.2) is 32.8 Å². The lowest BCUT2D eigenvalue weighted by molar-refractivity contribution is -0.130. The number of hydrogen-bond acceptors (Lipinski definition) is 4. The van der Waals surface area contributed by atoms with Crippen LogP contribution in [0.2, 0.25) is 0 Å². The zero-order chi connectivity index (χ0) is 21.6. The summed E-state index contributed by atoms with van der Waals surface area (Å²) in [6.07, 6.45) is 5.32. The van der Waals surface area contributed by atoms with E-state index < -0.39 is 12.7 Å². The number of hydrogen-bond donors (Lipinski definition) is 0. The number of carbonyl (C=O) groups is 1. The van der Waals surface area contributed by atoms with E-state index in [4.69, 9.17) is 14.1 Å². The Morgan fingerprint density at radius 2 is 1.47 bits per heavy atom. The van der Waals surface area contributed by atoms with Crippen LogP contribution in [0.4, 0.5) is 5.69 Å². The Morgan fingerprint density at radius 1 is 0.900 bits per heavy atom. The lowest BCUT2D eigenvalue weighted by Gasteiger charge is -2.28. The molecule has 1 aliphatic heterocycles. The first-order chi connectivity index (χ1) is 14.6. The van der Waals surface area contributed by atoms with Crippen molar-refractivity contribution in [2.45, 2.75) is 58.0 Å². The summed E-state index contributed by atoms with van der Waals surface area (Å²) in [5.41, 5.74) is 0.725. The maximum Gasteiger partial charge on any atom is 0.460 e. The summed E-state index contributed by atoms with van der Waals surface area (Å²) < 4.78 is 18.0. The number of carbonyl (C=O) groups excluding carboxylic acids is 1. The lowest BCUT2D eigenvalue weighted by Crippen LogP contribution is -2.47. The number of nitrogens with zero attached hydrogens (tertiary/aromatic N) is 1. The van der Waals surface area contributed by atoms with E-state index in [0.717, 1.165) is 31.1 Å². The molecule has 6 heteroatoms. The molecule has 0 radical (unpaired) electrons. The van der Waals surface area contributed by atoms with Crippen LogP contribution in [0.25, 0.3) is 0 Å². The molecule has 1 saturated heterocycles. The van der Waals surface area contributed by atoms with Gasteiger partial charge in [0.25, 0.3) is 0 Å². The summed E-state index contributed by atoms with van der Waals surface area (Å²) in [6, 6.07) is 15.5. The van der Waals surface area contributed by atoms with E-state index in [1.165, 1.54) is 0 Å². The van der Waals surface area contributed by atoms with Crippen LogP contribution in [0.1, 0.15) is 52.4 Å². The summed E-state index contributed by atoms with van der Waals surface area (Å²) in [4.78, 5) is 15.8. The molecule has 0 aliphatic carbocycles. The Morgan fingerprint density at radius 3 is 1.97 bits per heavy atom. The minimum Gasteiger partial charge on any atom is -0.494 e. The third-order valence-electron chi connectivity index (χ3n) is 5.78. The lowest BCUT2D eigenvalue weighted by atomic mass is 9.71. The van der Waals surface area contributed by atoms with E-state index in [1.807, 2.05) is 48.5 Å². The van der Waals surface area contributed by atoms with Gasteiger partial charge in [-0.15, -0.1) is 0 Å². The van der Waals surface area contributed by atoms with E-state index >= 15 is 0 Å². The van der Waals surface area contributed by atoms with Crippen molar-refractivity contribution in [3.8, 4) is 11.5 Å². The Balaban J connectivity index is 2.16. The highest BCUT2D eigenvalue weighted by atomic mass is 16.5. The molecule has 1 aliphatic rings. The van der Waals surface area contributed by atoms with E-state index in [2.05, 4.69) is 13.8 Å². The second-order valence-corrected chi connectivity index (χ2v) is 7.77. The predicted octanol–water partition coefficient (Wildman–Crippen LogP) is 4.58. The normalized spacial score (nSPS) is 15.5. The molecule has 1 fully saturated rings. The number of anilines is 1. The molecule has 2 aromatic rings. The van der Waals surface area contributed by atoms with Crippen LogP contribution in [0.3, 0.4) is 0 Å². The highest BCUT2D eigenvalue weighted by Gasteiger charge is 2.56. The fraction of sp³-hybridized carbons (Fsp3) is 0.458. The maximum absolute atomic E-state index is 14.0. The van der Waals surface area contributed by atoms with Gasteiger partial charge in [-0.05, 0) is 30.4 Å². The first kappa shape index (κ1) is 22.2. The topological polar surface area (TPSA) is 48.0 Å². The molecular formula is C24H32BNO4. The minimum absolute atomic E-state index is 0.0129. The predicted molar refractivity (Wildman–Crippen MR) is 122 cm³/mol. The molecule has 0 N–H and O–H groups in total. The molecule has 1 heterocycles. The van der Waals surface area contributed by atoms with Gasteiger partial charge in [0.15, 0.2) is 0 Å². The SMILES string of the molecule is CCCCC1(CCCC)OB(c2ccccc2)N(c2c(OC)cccc2OC)C1=O. The average molecular weight is 409 g/mol. The van der Waals surface area contributed by atoms with E-state index in [-0.39, 0.29) is 5.91 Å². The van der Waals surface area contributed by atoms with Crippen LogP contribution >= 0.6 is 0 Å². The van der Waals surface area contributed by atoms with Crippen molar-refractivity contribution in [2.24, 2.45) is 0 Å². The number of amides is 1. The molecule has 1 amide bonds. The average Bonchev–Trinajstić information content (AvgIpc) is 3.08. The van der Waals surface area contributed by atoms with Crippen molar-refractivity contribution < 1.29 is 18.9 Å². The molecular weight excluding hydrogens is 377 g/mol. The second kappa shape index (κ2) is 10.0. The van der Waals surface area contributed by atoms with Gasteiger partial charge in [0, 0.05) is 0 Å². The zero-order valence-electron chi connectivity index (χ0n) is 18.5. The molecule has 5 nitrogen and oxygen atoms in total. The summed E-state index contributed by atoms with van der Waals surface area (Å²) >= 11 is 0. The van der Waals surface area contributed by atoms with Gasteiger partial charge in [0.1, 0.15) is 22.8 Å². The van der Waals surface area contributed by atoms with E-state index in [9.17, 15) is 4.79 Å².